The van der Waals surface area contributed by atoms with Crippen molar-refractivity contribution in [1.82, 2.24) is 45.1 Å². The fourth-order valence-corrected chi connectivity index (χ4v) is 12.3. The number of aliphatic hydroxyl groups is 1. The van der Waals surface area contributed by atoms with Gasteiger partial charge in [0.2, 0.25) is 5.91 Å². The number of nitrogens with zero attached hydrogens (tertiary/aromatic N) is 9. The number of aromatic nitrogens is 6. The molecule has 7 heterocycles. The number of nitrogen functional groups attached to an aromatic ring is 1. The van der Waals surface area contributed by atoms with Crippen molar-refractivity contribution in [2.24, 2.45) is 10.9 Å². The first-order valence-electron chi connectivity index (χ1n) is 28.4. The van der Waals surface area contributed by atoms with E-state index >= 15 is 0 Å². The third kappa shape index (κ3) is 10.9. The molecule has 426 valence electrons. The van der Waals surface area contributed by atoms with Crippen LogP contribution in [0.5, 0.6) is 11.8 Å². The molecule has 4 aromatic carbocycles. The number of ether oxygens (including phenoxy) is 3. The average molecular weight is 1110 g/mol. The number of benzene rings is 4. The fourth-order valence-electron chi connectivity index (χ4n) is 12.3. The maximum atomic E-state index is 14.9. The number of aryl methyl sites for hydroxylation is 2. The fraction of sp³-hybridized carbons (Fsp3) is 0.387. The first-order chi connectivity index (χ1) is 39.9. The van der Waals surface area contributed by atoms with Gasteiger partial charge in [0, 0.05) is 129 Å². The minimum atomic E-state index is -0.796. The molecule has 20 nitrogen and oxygen atoms in total. The maximum Gasteiger partial charge on any atom is 0.319 e. The minimum Gasteiger partial charge on any atom is -0.486 e. The summed E-state index contributed by atoms with van der Waals surface area (Å²) >= 11 is 0. The van der Waals surface area contributed by atoms with Crippen molar-refractivity contribution >= 4 is 58.9 Å². The van der Waals surface area contributed by atoms with Gasteiger partial charge >= 0.3 is 6.01 Å². The Kier molecular flexibility index (Phi) is 16.2. The molecule has 4 saturated heterocycles. The molecule has 5 atom stereocenters. The molecule has 0 aliphatic carbocycles. The van der Waals surface area contributed by atoms with Gasteiger partial charge < -0.3 is 56.2 Å². The summed E-state index contributed by atoms with van der Waals surface area (Å²) in [5.41, 5.74) is 17.2. The van der Waals surface area contributed by atoms with Gasteiger partial charge in [0.15, 0.2) is 12.0 Å². The molecule has 0 saturated carbocycles. The minimum absolute atomic E-state index is 0.109. The summed E-state index contributed by atoms with van der Waals surface area (Å²) in [5.74, 6) is 0.833. The molecule has 82 heavy (non-hydrogen) atoms. The normalized spacial score (nSPS) is 19.5. The topological polar surface area (TPSA) is 248 Å². The summed E-state index contributed by atoms with van der Waals surface area (Å²) in [6, 6.07) is 23.5. The molecule has 3 aromatic heterocycles. The van der Waals surface area contributed by atoms with Crippen LogP contribution in [-0.2, 0) is 22.7 Å². The van der Waals surface area contributed by atoms with Crippen LogP contribution in [0, 0.1) is 18.3 Å². The molecule has 11 rings (SSSR count). The van der Waals surface area contributed by atoms with E-state index in [2.05, 4.69) is 44.6 Å². The van der Waals surface area contributed by atoms with Gasteiger partial charge in [-0.2, -0.15) is 20.2 Å². The molecule has 4 aliphatic heterocycles. The van der Waals surface area contributed by atoms with E-state index in [9.17, 15) is 14.7 Å². The van der Waals surface area contributed by atoms with Gasteiger partial charge in [0.1, 0.15) is 35.8 Å². The van der Waals surface area contributed by atoms with Crippen molar-refractivity contribution < 1.29 is 28.9 Å². The number of piperazine rings is 1. The highest BCUT2D eigenvalue weighted by molar-refractivity contribution is 6.03. The van der Waals surface area contributed by atoms with E-state index in [1.807, 2.05) is 105 Å². The lowest BCUT2D eigenvalue weighted by molar-refractivity contribution is -0.137. The molecule has 0 radical (unpaired) electrons. The largest absolute Gasteiger partial charge is 0.486 e. The Bertz CT molecular complexity index is 3550. The van der Waals surface area contributed by atoms with Gasteiger partial charge in [-0.1, -0.05) is 56.3 Å². The van der Waals surface area contributed by atoms with Crippen molar-refractivity contribution in [2.75, 3.05) is 62.4 Å². The number of carbonyl (C=O) groups excluding carboxylic acids is 2. The molecule has 0 spiro atoms. The van der Waals surface area contributed by atoms with E-state index in [-0.39, 0.29) is 54.9 Å². The van der Waals surface area contributed by atoms with Gasteiger partial charge in [-0.3, -0.25) is 23.9 Å². The third-order valence-corrected chi connectivity index (χ3v) is 16.5. The highest BCUT2D eigenvalue weighted by Gasteiger charge is 2.41. The van der Waals surface area contributed by atoms with Gasteiger partial charge in [-0.15, -0.1) is 0 Å². The highest BCUT2D eigenvalue weighted by atomic mass is 16.5. The number of carbonyl (C=O) groups is 2. The number of anilines is 3. The SMILES string of the molecule is C=N/C=C(\NCC1CC(O)CN1C(=O)C(C(C)C)n1cc(-c2ccc(COc3c(-c4c(C)ccc(N)c4C=N)ccc4c(N5CC6CC5CN6)nc(OC5CCOCC5)nc34)cc2NC)c(C=O)n1)c1ccc(-c2ccnn2CC)cc1. The maximum absolute atomic E-state index is 14.9. The molecule has 2 bridgehead atoms. The van der Waals surface area contributed by atoms with Crippen LogP contribution in [0.3, 0.4) is 0 Å². The summed E-state index contributed by atoms with van der Waals surface area (Å²) in [5, 5.41) is 40.1. The zero-order chi connectivity index (χ0) is 57.2. The second-order valence-corrected chi connectivity index (χ2v) is 22.0. The number of nitrogens with one attached hydrogen (secondary N) is 4. The second kappa shape index (κ2) is 23.9. The lowest BCUT2D eigenvalue weighted by Gasteiger charge is -2.31. The van der Waals surface area contributed by atoms with Crippen molar-refractivity contribution in [1.29, 1.82) is 5.41 Å². The van der Waals surface area contributed by atoms with Crippen molar-refractivity contribution in [3.63, 3.8) is 0 Å². The van der Waals surface area contributed by atoms with Crippen LogP contribution in [-0.4, -0.2) is 141 Å². The van der Waals surface area contributed by atoms with Crippen molar-refractivity contribution in [3.05, 3.63) is 119 Å². The number of aliphatic imine (C=N–C) groups is 1. The molecule has 5 unspecified atom stereocenters. The molecule has 1 amide bonds. The number of amides is 1. The number of β-amino-alcohol motifs (C(OH)–C–C–N with tert-alkyl or cyclic N) is 1. The first kappa shape index (κ1) is 55.4. The van der Waals surface area contributed by atoms with E-state index in [4.69, 9.17) is 40.4 Å². The molecule has 7 aromatic rings. The third-order valence-electron chi connectivity index (χ3n) is 16.5. The van der Waals surface area contributed by atoms with Crippen LogP contribution >= 0.6 is 0 Å². The monoisotopic (exact) mass is 1110 g/mol. The van der Waals surface area contributed by atoms with Gasteiger partial charge in [-0.05, 0) is 97.5 Å². The van der Waals surface area contributed by atoms with E-state index < -0.39 is 12.1 Å². The van der Waals surface area contributed by atoms with E-state index in [0.717, 1.165) is 94.9 Å². The summed E-state index contributed by atoms with van der Waals surface area (Å²) in [6.07, 6.45) is 9.21. The Morgan fingerprint density at radius 2 is 1.84 bits per heavy atom. The molecular weight excluding hydrogens is 1040 g/mol. The molecule has 4 aliphatic rings. The summed E-state index contributed by atoms with van der Waals surface area (Å²) in [4.78, 5) is 46.3. The summed E-state index contributed by atoms with van der Waals surface area (Å²) in [6.45, 7) is 15.9. The number of likely N-dealkylation sites (tertiary alicyclic amines) is 1. The quantitative estimate of drug-likeness (QED) is 0.0227. The van der Waals surface area contributed by atoms with Gasteiger partial charge in [0.25, 0.3) is 0 Å². The summed E-state index contributed by atoms with van der Waals surface area (Å²) < 4.78 is 22.8. The Balaban J connectivity index is 0.880. The Hall–Kier alpha value is -8.46. The van der Waals surface area contributed by atoms with Crippen molar-refractivity contribution in [2.45, 2.75) is 103 Å². The molecule has 20 heteroatoms. The van der Waals surface area contributed by atoms with Crippen LogP contribution in [0.25, 0.3) is 50.1 Å². The molecule has 7 N–H and O–H groups in total. The smallest absolute Gasteiger partial charge is 0.319 e. The number of nitrogens with two attached hydrogens (primary N) is 1. The number of fused-ring (bicyclic) bond motifs is 3. The zero-order valence-corrected chi connectivity index (χ0v) is 47.1. The standard InChI is InChI=1S/C62H72N14O6/c1-7-75-55(18-21-69-75)40-12-10-39(11-13-40)53(30-65-5)68-29-43-26-44(78)32-74(43)61(79)58(36(2)3)76-33-50(54(34-77)72-76)46-14-9-38(24-52(46)66-6)35-81-59-47(56-37(4)8-17-51(64)49(56)27-63)15-16-48-57(59)70-62(82-45-19-22-80-23-20-45)71-60(48)73-31-41-25-42(73)28-67-41/h8-18,21,24,27,30,33-34,36,41-45,58,63,66-68,78H,5,7,19-20,22-23,25-26,28-29,31-32,35,64H2,1-4,6H3/b53-30-,63-27?. The number of aliphatic hydroxyl groups excluding tert-OH is 1. The first-order valence-corrected chi connectivity index (χ1v) is 28.4. The predicted molar refractivity (Wildman–Crippen MR) is 320 cm³/mol. The number of hydrogen-bond acceptors (Lipinski definition) is 17. The number of hydrogen-bond donors (Lipinski definition) is 6. The molecule has 4 fully saturated rings. The Labute approximate surface area is 477 Å². The zero-order valence-electron chi connectivity index (χ0n) is 47.1. The van der Waals surface area contributed by atoms with Crippen LogP contribution in [0.15, 0.2) is 96.4 Å². The van der Waals surface area contributed by atoms with E-state index in [1.165, 1.54) is 6.21 Å². The Morgan fingerprint density at radius 1 is 1.04 bits per heavy atom. The molecular formula is C62H72N14O6. The predicted octanol–water partition coefficient (Wildman–Crippen LogP) is 7.92. The highest BCUT2D eigenvalue weighted by Crippen LogP contribution is 2.45. The Morgan fingerprint density at radius 3 is 2.55 bits per heavy atom. The van der Waals surface area contributed by atoms with Crippen molar-refractivity contribution in [3.8, 4) is 45.3 Å². The summed E-state index contributed by atoms with van der Waals surface area (Å²) in [7, 11) is 1.81. The number of rotatable bonds is 21. The lowest BCUT2D eigenvalue weighted by atomic mass is 9.92. The van der Waals surface area contributed by atoms with Crippen LogP contribution < -0.4 is 36.1 Å². The van der Waals surface area contributed by atoms with Gasteiger partial charge in [0.05, 0.1) is 36.8 Å². The second-order valence-electron chi connectivity index (χ2n) is 22.0. The lowest BCUT2D eigenvalue weighted by Crippen LogP contribution is -2.46. The van der Waals surface area contributed by atoms with Crippen LogP contribution in [0.4, 0.5) is 17.2 Å². The average Bonchev–Trinajstić information content (AvgIpc) is 3.73. The van der Waals surface area contributed by atoms with Crippen LogP contribution in [0.1, 0.15) is 85.2 Å². The number of aldehydes is 1. The van der Waals surface area contributed by atoms with Gasteiger partial charge in [-0.25, -0.2) is 0 Å². The van der Waals surface area contributed by atoms with E-state index in [0.29, 0.717) is 77.8 Å². The van der Waals surface area contributed by atoms with Crippen LogP contribution in [0.2, 0.25) is 0 Å². The van der Waals surface area contributed by atoms with E-state index in [1.54, 1.807) is 28.2 Å².